The maximum absolute atomic E-state index is 12.9. The van der Waals surface area contributed by atoms with Gasteiger partial charge in [-0.25, -0.2) is 14.6 Å². The predicted molar refractivity (Wildman–Crippen MR) is 183 cm³/mol. The van der Waals surface area contributed by atoms with Gasteiger partial charge in [0.25, 0.3) is 0 Å². The first-order valence-corrected chi connectivity index (χ1v) is 17.1. The molecule has 0 aliphatic carbocycles. The van der Waals surface area contributed by atoms with Gasteiger partial charge in [-0.3, -0.25) is 0 Å². The molecule has 5 aromatic rings. The Labute approximate surface area is 281 Å². The molecule has 1 aliphatic heterocycles. The lowest BCUT2D eigenvalue weighted by molar-refractivity contribution is -0.245. The van der Waals surface area contributed by atoms with E-state index in [9.17, 15) is 14.7 Å². The maximum Gasteiger partial charge on any atom is 0.328 e. The zero-order valence-electron chi connectivity index (χ0n) is 25.7. The first-order chi connectivity index (χ1) is 23.0. The molecule has 0 radical (unpaired) electrons. The van der Waals surface area contributed by atoms with E-state index in [1.54, 1.807) is 35.2 Å². The molecule has 6 rings (SSSR count). The van der Waals surface area contributed by atoms with Crippen molar-refractivity contribution < 1.29 is 28.9 Å². The predicted octanol–water partition coefficient (Wildman–Crippen LogP) is 7.03. The number of benzene rings is 4. The number of nitrogens with one attached hydrogen (secondary N) is 2. The van der Waals surface area contributed by atoms with Crippen LogP contribution in [-0.4, -0.2) is 47.1 Å². The molecule has 4 aromatic carbocycles. The van der Waals surface area contributed by atoms with E-state index in [1.807, 2.05) is 84.9 Å². The molecule has 1 fully saturated rings. The van der Waals surface area contributed by atoms with Gasteiger partial charge in [-0.2, -0.15) is 0 Å². The van der Waals surface area contributed by atoms with Crippen LogP contribution in [0.4, 0.5) is 10.5 Å². The van der Waals surface area contributed by atoms with Crippen LogP contribution in [0.2, 0.25) is 0 Å². The molecule has 3 N–H and O–H groups in total. The van der Waals surface area contributed by atoms with Crippen LogP contribution in [-0.2, 0) is 32.0 Å². The van der Waals surface area contributed by atoms with E-state index in [1.165, 1.54) is 7.11 Å². The fourth-order valence-corrected chi connectivity index (χ4v) is 7.45. The molecule has 242 valence electrons. The normalized spacial score (nSPS) is 18.4. The summed E-state index contributed by atoms with van der Waals surface area (Å²) in [5.74, 6) is 0.178. The average molecular weight is 670 g/mol. The van der Waals surface area contributed by atoms with E-state index in [0.717, 1.165) is 36.8 Å². The van der Waals surface area contributed by atoms with Crippen LogP contribution in [0.3, 0.4) is 0 Å². The topological polar surface area (TPSA) is 119 Å². The Hall–Kier alpha value is -4.26. The number of para-hydroxylation sites is 1. The quantitative estimate of drug-likeness (QED) is 0.101. The lowest BCUT2D eigenvalue weighted by Gasteiger charge is -2.36. The zero-order chi connectivity index (χ0) is 32.6. The number of aromatic nitrogens is 1. The number of carbonyl (C=O) groups is 2. The van der Waals surface area contributed by atoms with Crippen LogP contribution in [0.1, 0.15) is 41.1 Å². The number of methoxy groups -OCH3 is 1. The molecule has 1 aromatic heterocycles. The van der Waals surface area contributed by atoms with Crippen molar-refractivity contribution in [2.75, 3.05) is 18.2 Å². The number of fused-ring (bicyclic) bond motifs is 1. The molecule has 0 saturated carbocycles. The number of ether oxygens (including phenoxy) is 3. The van der Waals surface area contributed by atoms with Gasteiger partial charge in [0.2, 0.25) is 0 Å². The second kappa shape index (κ2) is 15.6. The van der Waals surface area contributed by atoms with Gasteiger partial charge in [0, 0.05) is 29.8 Å². The lowest BCUT2D eigenvalue weighted by Crippen LogP contribution is -2.45. The molecule has 47 heavy (non-hydrogen) atoms. The molecule has 2 amide bonds. The summed E-state index contributed by atoms with van der Waals surface area (Å²) in [6, 6.07) is 31.2. The highest BCUT2D eigenvalue weighted by Gasteiger charge is 2.32. The van der Waals surface area contributed by atoms with E-state index in [-0.39, 0.29) is 18.8 Å². The summed E-state index contributed by atoms with van der Waals surface area (Å²) in [4.78, 5) is 30.0. The van der Waals surface area contributed by atoms with Gasteiger partial charge >= 0.3 is 12.0 Å². The minimum Gasteiger partial charge on any atom is -0.467 e. The smallest absolute Gasteiger partial charge is 0.328 e. The third kappa shape index (κ3) is 8.56. The Balaban J connectivity index is 1.13. The number of urea groups is 1. The summed E-state index contributed by atoms with van der Waals surface area (Å²) in [6.07, 6.45) is 0.00238. The molecule has 9 nitrogen and oxygen atoms in total. The van der Waals surface area contributed by atoms with Gasteiger partial charge in [-0.1, -0.05) is 90.6 Å². The Morgan fingerprint density at radius 2 is 1.66 bits per heavy atom. The fraction of sp³-hybridized carbons (Fsp3) is 0.250. The molecule has 0 bridgehead atoms. The van der Waals surface area contributed by atoms with Crippen LogP contribution in [0, 0.1) is 0 Å². The van der Waals surface area contributed by atoms with Crippen LogP contribution in [0.25, 0.3) is 10.2 Å². The molecule has 4 atom stereocenters. The number of hydrogen-bond donors (Lipinski definition) is 3. The standard InChI is InChI=1S/C36H35N3O6S2/c1-43-33(41)30(19-23-7-3-2-4-8-23)38-35(42)37-27-17-15-26(16-18-27)34-44-28(20-31(45-34)25-13-11-24(21-40)12-14-25)22-46-36-39-29-9-5-6-10-32(29)47-36/h2-18,28,30-31,34,40H,19-22H2,1H3,(H2,37,38,42)/t28-,30-,31+,34+/m0/s1. The highest BCUT2D eigenvalue weighted by atomic mass is 32.2. The first-order valence-electron chi connectivity index (χ1n) is 15.3. The largest absolute Gasteiger partial charge is 0.467 e. The summed E-state index contributed by atoms with van der Waals surface area (Å²) in [7, 11) is 1.30. The highest BCUT2D eigenvalue weighted by molar-refractivity contribution is 8.01. The van der Waals surface area contributed by atoms with Gasteiger partial charge in [-0.15, -0.1) is 11.3 Å². The molecular formula is C36H35N3O6S2. The average Bonchev–Trinajstić information content (AvgIpc) is 3.54. The third-order valence-corrected chi connectivity index (χ3v) is 10.1. The fourth-order valence-electron chi connectivity index (χ4n) is 5.33. The SMILES string of the molecule is COC(=O)[C@H](Cc1ccccc1)NC(=O)Nc1ccc([C@@H]2O[C@H](CSc3nc4ccccc4s3)C[C@H](c3ccc(CO)cc3)O2)cc1. The van der Waals surface area contributed by atoms with Crippen molar-refractivity contribution >= 4 is 51.0 Å². The number of hydrogen-bond acceptors (Lipinski definition) is 9. The van der Waals surface area contributed by atoms with Crippen LogP contribution in [0.5, 0.6) is 0 Å². The van der Waals surface area contributed by atoms with Crippen molar-refractivity contribution in [1.82, 2.24) is 10.3 Å². The summed E-state index contributed by atoms with van der Waals surface area (Å²) >= 11 is 3.35. The van der Waals surface area contributed by atoms with Crippen LogP contribution in [0.15, 0.2) is 107 Å². The zero-order valence-corrected chi connectivity index (χ0v) is 27.3. The minimum absolute atomic E-state index is 0.0201. The van der Waals surface area contributed by atoms with Gasteiger partial charge < -0.3 is 30.0 Å². The van der Waals surface area contributed by atoms with Crippen LogP contribution >= 0.6 is 23.1 Å². The summed E-state index contributed by atoms with van der Waals surface area (Å²) < 4.78 is 20.0. The number of rotatable bonds is 11. The van der Waals surface area contributed by atoms with Crippen LogP contribution < -0.4 is 10.6 Å². The number of carbonyl (C=O) groups excluding carboxylic acids is 2. The molecule has 1 saturated heterocycles. The van der Waals surface area contributed by atoms with Gasteiger partial charge in [0.05, 0.1) is 36.1 Å². The van der Waals surface area contributed by atoms with E-state index >= 15 is 0 Å². The molecule has 0 spiro atoms. The van der Waals surface area contributed by atoms with E-state index in [2.05, 4.69) is 16.7 Å². The molecule has 11 heteroatoms. The number of nitrogens with zero attached hydrogens (tertiary/aromatic N) is 1. The van der Waals surface area contributed by atoms with Gasteiger partial charge in [0.15, 0.2) is 10.6 Å². The van der Waals surface area contributed by atoms with Gasteiger partial charge in [0.1, 0.15) is 6.04 Å². The summed E-state index contributed by atoms with van der Waals surface area (Å²) in [5.41, 5.74) is 5.09. The second-order valence-electron chi connectivity index (χ2n) is 11.1. The van der Waals surface area contributed by atoms with E-state index in [0.29, 0.717) is 24.3 Å². The number of aliphatic hydroxyl groups is 1. The van der Waals surface area contributed by atoms with Crippen molar-refractivity contribution in [3.8, 4) is 0 Å². The number of esters is 1. The monoisotopic (exact) mass is 669 g/mol. The van der Waals surface area contributed by atoms with Crippen molar-refractivity contribution in [1.29, 1.82) is 0 Å². The van der Waals surface area contributed by atoms with Crippen molar-refractivity contribution in [2.24, 2.45) is 0 Å². The summed E-state index contributed by atoms with van der Waals surface area (Å²) in [6.45, 7) is -0.0201. The number of anilines is 1. The van der Waals surface area contributed by atoms with Gasteiger partial charge in [-0.05, 0) is 41.0 Å². The molecule has 0 unspecified atom stereocenters. The number of amides is 2. The van der Waals surface area contributed by atoms with E-state index in [4.69, 9.17) is 19.2 Å². The number of thiazole rings is 1. The molecule has 1 aliphatic rings. The Morgan fingerprint density at radius 1 is 0.936 bits per heavy atom. The van der Waals surface area contributed by atoms with Crippen molar-refractivity contribution in [3.05, 3.63) is 125 Å². The maximum atomic E-state index is 12.9. The molecule has 2 heterocycles. The number of thioether (sulfide) groups is 1. The third-order valence-electron chi connectivity index (χ3n) is 7.80. The first kappa shape index (κ1) is 32.7. The summed E-state index contributed by atoms with van der Waals surface area (Å²) in [5, 5.41) is 15.0. The van der Waals surface area contributed by atoms with Crippen molar-refractivity contribution in [2.45, 2.75) is 48.3 Å². The van der Waals surface area contributed by atoms with Crippen molar-refractivity contribution in [3.63, 3.8) is 0 Å². The lowest BCUT2D eigenvalue weighted by atomic mass is 10.0. The molecular weight excluding hydrogens is 635 g/mol. The minimum atomic E-state index is -0.841. The number of aliphatic hydroxyl groups excluding tert-OH is 1. The highest BCUT2D eigenvalue weighted by Crippen LogP contribution is 2.40. The van der Waals surface area contributed by atoms with E-state index < -0.39 is 24.3 Å². The second-order valence-corrected chi connectivity index (χ2v) is 13.4. The Bertz CT molecular complexity index is 1750. The Morgan fingerprint density at radius 3 is 2.38 bits per heavy atom. The Kier molecular flexibility index (Phi) is 10.8.